The van der Waals surface area contributed by atoms with Gasteiger partial charge in [0, 0.05) is 12.0 Å². The molecule has 0 saturated heterocycles. The lowest BCUT2D eigenvalue weighted by atomic mass is 9.77. The predicted octanol–water partition coefficient (Wildman–Crippen LogP) is 4.47. The number of rotatable bonds is 6. The molecule has 1 fully saturated rings. The first-order valence-electron chi connectivity index (χ1n) is 10.5. The van der Waals surface area contributed by atoms with Crippen LogP contribution in [0.3, 0.4) is 0 Å². The number of ether oxygens (including phenoxy) is 1. The first-order valence-corrected chi connectivity index (χ1v) is 10.5. The minimum Gasteiger partial charge on any atom is -0.355 e. The number of nitrogens with zero attached hydrogens (tertiary/aromatic N) is 2. The molecule has 2 bridgehead atoms. The number of hydrogen-bond donors (Lipinski definition) is 1. The van der Waals surface area contributed by atoms with Crippen LogP contribution in [0, 0.1) is 17.0 Å². The molecule has 1 N–H and O–H groups in total. The maximum absolute atomic E-state index is 14.3. The zero-order valence-corrected chi connectivity index (χ0v) is 17.8. The highest BCUT2D eigenvalue weighted by atomic mass is 19.1. The Morgan fingerprint density at radius 2 is 1.97 bits per heavy atom. The average Bonchev–Trinajstić information content (AvgIpc) is 3.06. The van der Waals surface area contributed by atoms with Crippen molar-refractivity contribution in [3.05, 3.63) is 47.2 Å². The van der Waals surface area contributed by atoms with Crippen LogP contribution < -0.4 is 5.32 Å². The SMILES string of the molecule is CCNC(=O)[C@H](CC)O[C@@]12CC[C@@H](c3cc(-c4c(F)cccc4F)nnc31)C2(C)C. The fraction of sp³-hybridized carbons (Fsp3) is 0.522. The molecule has 2 aliphatic rings. The summed E-state index contributed by atoms with van der Waals surface area (Å²) in [5.41, 5.74) is 0.529. The lowest BCUT2D eigenvalue weighted by Crippen LogP contribution is -2.46. The zero-order valence-electron chi connectivity index (χ0n) is 17.8. The van der Waals surface area contributed by atoms with Crippen LogP contribution in [0.25, 0.3) is 11.3 Å². The molecule has 0 spiro atoms. The molecular formula is C23H27F2N3O2. The summed E-state index contributed by atoms with van der Waals surface area (Å²) in [6.07, 6.45) is 1.53. The second-order valence-corrected chi connectivity index (χ2v) is 8.68. The Morgan fingerprint density at radius 1 is 1.27 bits per heavy atom. The molecule has 5 nitrogen and oxygen atoms in total. The van der Waals surface area contributed by atoms with E-state index in [1.165, 1.54) is 18.2 Å². The van der Waals surface area contributed by atoms with Crippen molar-refractivity contribution in [2.24, 2.45) is 5.41 Å². The topological polar surface area (TPSA) is 64.1 Å². The van der Waals surface area contributed by atoms with Gasteiger partial charge >= 0.3 is 0 Å². The molecule has 1 aromatic heterocycles. The molecule has 1 saturated carbocycles. The highest BCUT2D eigenvalue weighted by Crippen LogP contribution is 2.68. The van der Waals surface area contributed by atoms with Gasteiger partial charge in [-0.15, -0.1) is 5.10 Å². The summed E-state index contributed by atoms with van der Waals surface area (Å²) in [4.78, 5) is 12.5. The summed E-state index contributed by atoms with van der Waals surface area (Å²) >= 11 is 0. The van der Waals surface area contributed by atoms with E-state index in [9.17, 15) is 13.6 Å². The second-order valence-electron chi connectivity index (χ2n) is 8.68. The average molecular weight is 415 g/mol. The fourth-order valence-corrected chi connectivity index (χ4v) is 5.25. The zero-order chi connectivity index (χ0) is 21.7. The van der Waals surface area contributed by atoms with Gasteiger partial charge in [-0.2, -0.15) is 5.10 Å². The van der Waals surface area contributed by atoms with Crippen LogP contribution in [0.1, 0.15) is 64.1 Å². The number of benzene rings is 1. The van der Waals surface area contributed by atoms with Crippen LogP contribution in [-0.2, 0) is 15.1 Å². The van der Waals surface area contributed by atoms with Gasteiger partial charge in [-0.1, -0.05) is 26.8 Å². The van der Waals surface area contributed by atoms with E-state index in [4.69, 9.17) is 4.74 Å². The minimum atomic E-state index is -0.752. The number of amides is 1. The normalized spacial score (nSPS) is 24.5. The van der Waals surface area contributed by atoms with Gasteiger partial charge in [0.2, 0.25) is 5.91 Å². The Morgan fingerprint density at radius 3 is 2.60 bits per heavy atom. The maximum Gasteiger partial charge on any atom is 0.249 e. The van der Waals surface area contributed by atoms with Crippen molar-refractivity contribution in [1.82, 2.24) is 15.5 Å². The quantitative estimate of drug-likeness (QED) is 0.756. The van der Waals surface area contributed by atoms with Gasteiger partial charge in [0.05, 0.1) is 17.0 Å². The molecule has 0 radical (unpaired) electrons. The number of carbonyl (C=O) groups excluding carboxylic acids is 1. The third-order valence-electron chi connectivity index (χ3n) is 6.85. The molecule has 2 aromatic rings. The van der Waals surface area contributed by atoms with E-state index in [0.717, 1.165) is 18.4 Å². The Balaban J connectivity index is 1.78. The summed E-state index contributed by atoms with van der Waals surface area (Å²) in [5, 5.41) is 11.4. The van der Waals surface area contributed by atoms with Crippen molar-refractivity contribution in [3.8, 4) is 11.3 Å². The third kappa shape index (κ3) is 2.86. The molecule has 1 amide bonds. The van der Waals surface area contributed by atoms with E-state index >= 15 is 0 Å². The van der Waals surface area contributed by atoms with Crippen LogP contribution in [0.2, 0.25) is 0 Å². The van der Waals surface area contributed by atoms with E-state index in [1.54, 1.807) is 6.07 Å². The van der Waals surface area contributed by atoms with Gasteiger partial charge < -0.3 is 10.1 Å². The summed E-state index contributed by atoms with van der Waals surface area (Å²) in [5.74, 6) is -1.36. The Labute approximate surface area is 175 Å². The highest BCUT2D eigenvalue weighted by molar-refractivity contribution is 5.80. The van der Waals surface area contributed by atoms with Crippen molar-refractivity contribution in [2.45, 2.75) is 64.6 Å². The fourth-order valence-electron chi connectivity index (χ4n) is 5.25. The Bertz CT molecular complexity index is 974. The number of fused-ring (bicyclic) bond motifs is 5. The number of likely N-dealkylation sites (N-methyl/N-ethyl adjacent to an activating group) is 1. The van der Waals surface area contributed by atoms with Crippen LogP contribution >= 0.6 is 0 Å². The van der Waals surface area contributed by atoms with Gasteiger partial charge in [-0.25, -0.2) is 8.78 Å². The largest absolute Gasteiger partial charge is 0.355 e. The van der Waals surface area contributed by atoms with Gasteiger partial charge in [0.1, 0.15) is 23.3 Å². The highest BCUT2D eigenvalue weighted by Gasteiger charge is 2.65. The van der Waals surface area contributed by atoms with E-state index in [0.29, 0.717) is 18.7 Å². The van der Waals surface area contributed by atoms with Crippen LogP contribution in [-0.4, -0.2) is 28.8 Å². The predicted molar refractivity (Wildman–Crippen MR) is 109 cm³/mol. The summed E-state index contributed by atoms with van der Waals surface area (Å²) in [6, 6.07) is 5.50. The summed E-state index contributed by atoms with van der Waals surface area (Å²) < 4.78 is 35.1. The van der Waals surface area contributed by atoms with Gasteiger partial charge in [-0.05, 0) is 55.9 Å². The number of halogens is 2. The van der Waals surface area contributed by atoms with E-state index in [1.807, 2.05) is 13.8 Å². The maximum atomic E-state index is 14.3. The lowest BCUT2D eigenvalue weighted by molar-refractivity contribution is -0.168. The summed E-state index contributed by atoms with van der Waals surface area (Å²) in [7, 11) is 0. The smallest absolute Gasteiger partial charge is 0.249 e. The van der Waals surface area contributed by atoms with Crippen molar-refractivity contribution < 1.29 is 18.3 Å². The minimum absolute atomic E-state index is 0.114. The van der Waals surface area contributed by atoms with Gasteiger partial charge in [-0.3, -0.25) is 4.79 Å². The molecule has 160 valence electrons. The van der Waals surface area contributed by atoms with Gasteiger partial charge in [0.25, 0.3) is 0 Å². The van der Waals surface area contributed by atoms with Crippen molar-refractivity contribution in [1.29, 1.82) is 0 Å². The molecule has 1 heterocycles. The first kappa shape index (κ1) is 20.8. The van der Waals surface area contributed by atoms with Crippen molar-refractivity contribution in [3.63, 3.8) is 0 Å². The lowest BCUT2D eigenvalue weighted by Gasteiger charge is -2.40. The second kappa shape index (κ2) is 7.38. The monoisotopic (exact) mass is 415 g/mol. The first-order chi connectivity index (χ1) is 14.3. The molecule has 2 aliphatic carbocycles. The van der Waals surface area contributed by atoms with Crippen molar-refractivity contribution >= 4 is 5.91 Å². The Hall–Kier alpha value is -2.41. The van der Waals surface area contributed by atoms with Gasteiger partial charge in [0.15, 0.2) is 0 Å². The van der Waals surface area contributed by atoms with Crippen LogP contribution in [0.5, 0.6) is 0 Å². The number of nitrogens with one attached hydrogen (secondary N) is 1. The standard InChI is InChI=1S/C23H27F2N3O2/c1-5-18(21(29)26-6-2)30-23-11-10-14(22(23,3)4)13-12-17(27-28-20(13)23)19-15(24)8-7-9-16(19)25/h7-9,12,14,18H,5-6,10-11H2,1-4H3,(H,26,29)/t14-,18-,23-/m0/s1. The van der Waals surface area contributed by atoms with E-state index < -0.39 is 23.3 Å². The molecule has 30 heavy (non-hydrogen) atoms. The molecule has 1 aromatic carbocycles. The molecule has 7 heteroatoms. The van der Waals surface area contributed by atoms with Crippen LogP contribution in [0.4, 0.5) is 8.78 Å². The van der Waals surface area contributed by atoms with E-state index in [-0.39, 0.29) is 28.5 Å². The van der Waals surface area contributed by atoms with E-state index in [2.05, 4.69) is 29.4 Å². The molecule has 0 unspecified atom stereocenters. The summed E-state index contributed by atoms with van der Waals surface area (Å²) in [6.45, 7) is 8.55. The number of hydrogen-bond acceptors (Lipinski definition) is 4. The van der Waals surface area contributed by atoms with Crippen LogP contribution in [0.15, 0.2) is 24.3 Å². The number of carbonyl (C=O) groups is 1. The molecule has 3 atom stereocenters. The Kier molecular flexibility index (Phi) is 5.12. The molecule has 0 aliphatic heterocycles. The number of aromatic nitrogens is 2. The molecule has 4 rings (SSSR count). The third-order valence-corrected chi connectivity index (χ3v) is 6.85. The molecular weight excluding hydrogens is 388 g/mol. The van der Waals surface area contributed by atoms with Crippen molar-refractivity contribution in [2.75, 3.05) is 6.54 Å².